The predicted octanol–water partition coefficient (Wildman–Crippen LogP) is 3.44. The Kier molecular flexibility index (Phi) is 4.58. The van der Waals surface area contributed by atoms with E-state index in [1.165, 1.54) is 10.6 Å². The van der Waals surface area contributed by atoms with Crippen LogP contribution < -0.4 is 11.0 Å². The summed E-state index contributed by atoms with van der Waals surface area (Å²) in [5.41, 5.74) is -0.907. The summed E-state index contributed by atoms with van der Waals surface area (Å²) in [6, 6.07) is 11.8. The highest BCUT2D eigenvalue weighted by Gasteiger charge is 2.36. The Morgan fingerprint density at radius 1 is 1.14 bits per heavy atom. The van der Waals surface area contributed by atoms with Crippen LogP contribution in [0.4, 0.5) is 19.0 Å². The largest absolute Gasteiger partial charge is 0.416 e. The molecule has 0 aliphatic heterocycles. The van der Waals surface area contributed by atoms with Gasteiger partial charge in [0.25, 0.3) is 0 Å². The molecule has 0 amide bonds. The van der Waals surface area contributed by atoms with Gasteiger partial charge in [0.1, 0.15) is 5.82 Å². The van der Waals surface area contributed by atoms with Crippen LogP contribution in [0.25, 0.3) is 16.6 Å². The number of aromatic nitrogens is 2. The second-order valence-corrected chi connectivity index (χ2v) is 6.96. The molecule has 1 fully saturated rings. The van der Waals surface area contributed by atoms with E-state index in [2.05, 4.69) is 10.3 Å². The third-order valence-corrected chi connectivity index (χ3v) is 5.07. The highest BCUT2D eigenvalue weighted by molar-refractivity contribution is 5.90. The van der Waals surface area contributed by atoms with Crippen LogP contribution in [0.3, 0.4) is 0 Å². The second kappa shape index (κ2) is 6.94. The first-order chi connectivity index (χ1) is 13.4. The lowest BCUT2D eigenvalue weighted by Crippen LogP contribution is -2.24. The van der Waals surface area contributed by atoms with Crippen molar-refractivity contribution < 1.29 is 18.3 Å². The monoisotopic (exact) mass is 389 g/mol. The minimum absolute atomic E-state index is 0.102. The molecule has 146 valence electrons. The fourth-order valence-electron chi connectivity index (χ4n) is 3.38. The molecule has 1 aliphatic carbocycles. The summed E-state index contributed by atoms with van der Waals surface area (Å²) < 4.78 is 40.9. The number of nitrogens with zero attached hydrogens (tertiary/aromatic N) is 2. The Morgan fingerprint density at radius 2 is 1.89 bits per heavy atom. The van der Waals surface area contributed by atoms with E-state index in [4.69, 9.17) is 5.11 Å². The summed E-state index contributed by atoms with van der Waals surface area (Å²) in [5, 5.41) is 12.7. The number of anilines is 1. The number of nitrogens with one attached hydrogen (secondary N) is 1. The highest BCUT2D eigenvalue weighted by atomic mass is 19.4. The molecular formula is C20H18F3N3O2. The Morgan fingerprint density at radius 3 is 2.54 bits per heavy atom. The summed E-state index contributed by atoms with van der Waals surface area (Å²) >= 11 is 0. The second-order valence-electron chi connectivity index (χ2n) is 6.96. The lowest BCUT2D eigenvalue weighted by atomic mass is 10.1. The van der Waals surface area contributed by atoms with Crippen LogP contribution in [0.2, 0.25) is 0 Å². The lowest BCUT2D eigenvalue weighted by molar-refractivity contribution is -0.137. The zero-order chi connectivity index (χ0) is 19.9. The normalized spacial score (nSPS) is 19.0. The maximum atomic E-state index is 13.3. The van der Waals surface area contributed by atoms with Crippen LogP contribution in [-0.4, -0.2) is 27.8 Å². The van der Waals surface area contributed by atoms with Gasteiger partial charge in [0.05, 0.1) is 16.8 Å². The molecule has 1 aromatic heterocycles. The van der Waals surface area contributed by atoms with E-state index < -0.39 is 17.4 Å². The third-order valence-electron chi connectivity index (χ3n) is 5.07. The van der Waals surface area contributed by atoms with Crippen LogP contribution >= 0.6 is 0 Å². The van der Waals surface area contributed by atoms with Gasteiger partial charge in [-0.15, -0.1) is 0 Å². The average Bonchev–Trinajstić information content (AvgIpc) is 3.44. The number of aliphatic hydroxyl groups is 1. The SMILES string of the molecule is O=c1nc(NC[C@H]2C[C@@H]2CO)c2ccc(C(F)(F)F)cc2n1-c1ccccc1. The quantitative estimate of drug-likeness (QED) is 0.702. The summed E-state index contributed by atoms with van der Waals surface area (Å²) in [6.45, 7) is 0.605. The molecule has 4 rings (SSSR count). The zero-order valence-corrected chi connectivity index (χ0v) is 14.8. The molecule has 0 radical (unpaired) electrons. The van der Waals surface area contributed by atoms with Gasteiger partial charge in [-0.25, -0.2) is 4.79 Å². The maximum absolute atomic E-state index is 13.3. The molecule has 5 nitrogen and oxygen atoms in total. The van der Waals surface area contributed by atoms with Crippen molar-refractivity contribution >= 4 is 16.7 Å². The van der Waals surface area contributed by atoms with Gasteiger partial charge >= 0.3 is 11.9 Å². The number of hydrogen-bond donors (Lipinski definition) is 2. The number of aliphatic hydroxyl groups excluding tert-OH is 1. The van der Waals surface area contributed by atoms with Gasteiger partial charge in [-0.1, -0.05) is 18.2 Å². The van der Waals surface area contributed by atoms with Crippen LogP contribution in [0.15, 0.2) is 53.3 Å². The number of para-hydroxylation sites is 1. The van der Waals surface area contributed by atoms with Crippen molar-refractivity contribution in [1.29, 1.82) is 0 Å². The van der Waals surface area contributed by atoms with Gasteiger partial charge in [-0.05, 0) is 48.6 Å². The molecule has 28 heavy (non-hydrogen) atoms. The Labute approximate surface area is 158 Å². The summed E-state index contributed by atoms with van der Waals surface area (Å²) in [4.78, 5) is 16.8. The van der Waals surface area contributed by atoms with E-state index in [0.29, 0.717) is 17.6 Å². The van der Waals surface area contributed by atoms with Gasteiger partial charge in [-0.2, -0.15) is 18.2 Å². The fourth-order valence-corrected chi connectivity index (χ4v) is 3.38. The molecule has 2 atom stereocenters. The summed E-state index contributed by atoms with van der Waals surface area (Å²) in [7, 11) is 0. The van der Waals surface area contributed by atoms with Gasteiger partial charge in [-0.3, -0.25) is 4.57 Å². The van der Waals surface area contributed by atoms with Gasteiger partial charge in [0.15, 0.2) is 0 Å². The van der Waals surface area contributed by atoms with E-state index in [0.717, 1.165) is 18.6 Å². The summed E-state index contributed by atoms with van der Waals surface area (Å²) in [5.74, 6) is 0.748. The van der Waals surface area contributed by atoms with Gasteiger partial charge < -0.3 is 10.4 Å². The van der Waals surface area contributed by atoms with E-state index in [1.54, 1.807) is 30.3 Å². The number of alkyl halides is 3. The fraction of sp³-hybridized carbons (Fsp3) is 0.300. The number of rotatable bonds is 5. The van der Waals surface area contributed by atoms with Crippen molar-refractivity contribution in [2.75, 3.05) is 18.5 Å². The molecule has 2 N–H and O–H groups in total. The van der Waals surface area contributed by atoms with Crippen molar-refractivity contribution in [3.8, 4) is 5.69 Å². The molecule has 0 saturated heterocycles. The molecule has 1 aliphatic rings. The number of fused-ring (bicyclic) bond motifs is 1. The molecular weight excluding hydrogens is 371 g/mol. The van der Waals surface area contributed by atoms with Crippen LogP contribution in [0, 0.1) is 11.8 Å². The van der Waals surface area contributed by atoms with E-state index in [1.807, 2.05) is 0 Å². The van der Waals surface area contributed by atoms with Crippen LogP contribution in [0.5, 0.6) is 0 Å². The molecule has 8 heteroatoms. The van der Waals surface area contributed by atoms with E-state index in [9.17, 15) is 18.0 Å². The van der Waals surface area contributed by atoms with Crippen LogP contribution in [0.1, 0.15) is 12.0 Å². The molecule has 0 unspecified atom stereocenters. The topological polar surface area (TPSA) is 67.2 Å². The summed E-state index contributed by atoms with van der Waals surface area (Å²) in [6.07, 6.45) is -3.65. The van der Waals surface area contributed by atoms with Crippen LogP contribution in [-0.2, 0) is 6.18 Å². The third kappa shape index (κ3) is 3.47. The van der Waals surface area contributed by atoms with Crippen molar-refractivity contribution in [2.45, 2.75) is 12.6 Å². The van der Waals surface area contributed by atoms with Crippen molar-refractivity contribution in [2.24, 2.45) is 11.8 Å². The Balaban J connectivity index is 1.85. The van der Waals surface area contributed by atoms with Crippen molar-refractivity contribution in [3.63, 3.8) is 0 Å². The molecule has 2 aromatic carbocycles. The number of hydrogen-bond acceptors (Lipinski definition) is 4. The first-order valence-electron chi connectivity index (χ1n) is 8.92. The molecule has 3 aromatic rings. The lowest BCUT2D eigenvalue weighted by Gasteiger charge is -2.16. The van der Waals surface area contributed by atoms with E-state index >= 15 is 0 Å². The first kappa shape index (κ1) is 18.5. The maximum Gasteiger partial charge on any atom is 0.416 e. The van der Waals surface area contributed by atoms with Crippen molar-refractivity contribution in [1.82, 2.24) is 9.55 Å². The standard InChI is InChI=1S/C20H18F3N3O2/c21-20(22,23)14-6-7-16-17(9-14)26(15-4-2-1-3-5-15)19(28)25-18(16)24-10-12-8-13(12)11-27/h1-7,9,12-13,27H,8,10-11H2,(H,24,25,28)/t12-,13-/m1/s1. The molecule has 1 heterocycles. The number of halogens is 3. The number of benzene rings is 2. The minimum Gasteiger partial charge on any atom is -0.396 e. The van der Waals surface area contributed by atoms with Gasteiger partial charge in [0.2, 0.25) is 0 Å². The van der Waals surface area contributed by atoms with Crippen molar-refractivity contribution in [3.05, 3.63) is 64.6 Å². The zero-order valence-electron chi connectivity index (χ0n) is 14.8. The minimum atomic E-state index is -4.52. The Bertz CT molecular complexity index is 1060. The first-order valence-corrected chi connectivity index (χ1v) is 8.92. The predicted molar refractivity (Wildman–Crippen MR) is 99.5 cm³/mol. The Hall–Kier alpha value is -2.87. The molecule has 1 saturated carbocycles. The smallest absolute Gasteiger partial charge is 0.396 e. The molecule has 0 spiro atoms. The average molecular weight is 389 g/mol. The molecule has 0 bridgehead atoms. The van der Waals surface area contributed by atoms with Gasteiger partial charge in [0, 0.05) is 18.5 Å². The van der Waals surface area contributed by atoms with E-state index in [-0.39, 0.29) is 29.8 Å². The highest BCUT2D eigenvalue weighted by Crippen LogP contribution is 2.38.